The van der Waals surface area contributed by atoms with Gasteiger partial charge in [0.25, 0.3) is 0 Å². The van der Waals surface area contributed by atoms with E-state index >= 15 is 0 Å². The second-order valence-electron chi connectivity index (χ2n) is 6.66. The van der Waals surface area contributed by atoms with Crippen molar-refractivity contribution in [3.8, 4) is 11.1 Å². The maximum absolute atomic E-state index is 2.28. The smallest absolute Gasteiger partial charge is 0.0265 e. The molecule has 0 nitrogen and oxygen atoms in total. The molecule has 0 aliphatic heterocycles. The molecule has 4 aromatic rings. The second kappa shape index (κ2) is 8.80. The lowest BCUT2D eigenvalue weighted by atomic mass is 10.0. The van der Waals surface area contributed by atoms with Gasteiger partial charge >= 0.3 is 0 Å². The third-order valence-electron chi connectivity index (χ3n) is 4.86. The molecular weight excluding hydrogens is 343 g/mol. The number of hydrogen-bond donors (Lipinski definition) is 0. The molecule has 0 bridgehead atoms. The Labute approximate surface area is 163 Å². The summed E-state index contributed by atoms with van der Waals surface area (Å²) in [7, 11) is 0.797. The van der Waals surface area contributed by atoms with Crippen molar-refractivity contribution in [1.29, 1.82) is 0 Å². The summed E-state index contributed by atoms with van der Waals surface area (Å²) < 4.78 is 0. The summed E-state index contributed by atoms with van der Waals surface area (Å²) in [5, 5.41) is 0. The number of benzene rings is 4. The molecule has 4 rings (SSSR count). The van der Waals surface area contributed by atoms with E-state index in [1.54, 1.807) is 0 Å². The quantitative estimate of drug-likeness (QED) is 0.314. The van der Waals surface area contributed by atoms with E-state index in [2.05, 4.69) is 115 Å². The molecule has 0 spiro atoms. The van der Waals surface area contributed by atoms with E-state index < -0.39 is 0 Å². The highest BCUT2D eigenvalue weighted by molar-refractivity contribution is 7.38. The van der Waals surface area contributed by atoms with Crippen molar-refractivity contribution >= 4 is 8.58 Å². The van der Waals surface area contributed by atoms with Gasteiger partial charge in [0, 0.05) is 5.66 Å². The van der Waals surface area contributed by atoms with Gasteiger partial charge in [-0.05, 0) is 34.0 Å². The highest BCUT2D eigenvalue weighted by atomic mass is 31.1. The Morgan fingerprint density at radius 2 is 1.00 bits per heavy atom. The van der Waals surface area contributed by atoms with E-state index in [4.69, 9.17) is 0 Å². The predicted molar refractivity (Wildman–Crippen MR) is 119 cm³/mol. The van der Waals surface area contributed by atoms with Crippen LogP contribution in [-0.4, -0.2) is 0 Å². The van der Waals surface area contributed by atoms with E-state index in [1.807, 2.05) is 0 Å². The molecule has 1 unspecified atom stereocenters. The van der Waals surface area contributed by atoms with Gasteiger partial charge in [-0.2, -0.15) is 0 Å². The van der Waals surface area contributed by atoms with Gasteiger partial charge in [0.15, 0.2) is 0 Å². The van der Waals surface area contributed by atoms with Crippen LogP contribution in [0.2, 0.25) is 0 Å². The number of hydrogen-bond acceptors (Lipinski definition) is 0. The molecule has 0 amide bonds. The Balaban J connectivity index is 1.63. The topological polar surface area (TPSA) is 0 Å². The van der Waals surface area contributed by atoms with Crippen molar-refractivity contribution in [2.75, 3.05) is 0 Å². The van der Waals surface area contributed by atoms with Gasteiger partial charge in [-0.1, -0.05) is 115 Å². The molecule has 132 valence electrons. The molecule has 0 aromatic heterocycles. The first-order valence-electron chi connectivity index (χ1n) is 9.38. The highest BCUT2D eigenvalue weighted by Gasteiger charge is 2.15. The molecule has 0 radical (unpaired) electrons. The maximum atomic E-state index is 2.28. The van der Waals surface area contributed by atoms with Gasteiger partial charge in [0.05, 0.1) is 0 Å². The molecule has 0 aliphatic rings. The molecule has 27 heavy (non-hydrogen) atoms. The Morgan fingerprint density at radius 1 is 0.519 bits per heavy atom. The van der Waals surface area contributed by atoms with Crippen molar-refractivity contribution in [1.82, 2.24) is 0 Å². The van der Waals surface area contributed by atoms with Gasteiger partial charge in [-0.15, -0.1) is 8.58 Å². The van der Waals surface area contributed by atoms with E-state index in [1.165, 1.54) is 27.8 Å². The molecule has 0 fully saturated rings. The second-order valence-corrected chi connectivity index (χ2v) is 8.00. The zero-order valence-corrected chi connectivity index (χ0v) is 16.3. The first-order valence-corrected chi connectivity index (χ1v) is 10.7. The lowest BCUT2D eigenvalue weighted by Gasteiger charge is -2.19. The molecule has 0 saturated heterocycles. The lowest BCUT2D eigenvalue weighted by Crippen LogP contribution is -1.96. The SMILES string of the molecule is c1ccc(-c2ccccc2CPC(c2ccccc2)c2ccccc2)cc1. The fraction of sp³-hybridized carbons (Fsp3) is 0.0769. The van der Waals surface area contributed by atoms with Crippen LogP contribution in [0.25, 0.3) is 11.1 Å². The van der Waals surface area contributed by atoms with Gasteiger partial charge < -0.3 is 0 Å². The normalized spacial score (nSPS) is 11.3. The summed E-state index contributed by atoms with van der Waals surface area (Å²) in [6, 6.07) is 41.3. The van der Waals surface area contributed by atoms with Crippen molar-refractivity contribution in [3.05, 3.63) is 132 Å². The fourth-order valence-electron chi connectivity index (χ4n) is 3.50. The van der Waals surface area contributed by atoms with Crippen LogP contribution in [0.3, 0.4) is 0 Å². The summed E-state index contributed by atoms with van der Waals surface area (Å²) in [4.78, 5) is 0. The van der Waals surface area contributed by atoms with Gasteiger partial charge in [0.2, 0.25) is 0 Å². The monoisotopic (exact) mass is 366 g/mol. The summed E-state index contributed by atoms with van der Waals surface area (Å²) in [5.41, 5.74) is 7.33. The molecule has 1 heteroatoms. The molecule has 0 aliphatic carbocycles. The molecule has 0 saturated carbocycles. The summed E-state index contributed by atoms with van der Waals surface area (Å²) in [6.45, 7) is 0. The minimum atomic E-state index is 0.441. The summed E-state index contributed by atoms with van der Waals surface area (Å²) in [5.74, 6) is 0. The largest absolute Gasteiger partial charge is 0.105 e. The van der Waals surface area contributed by atoms with Crippen LogP contribution in [-0.2, 0) is 6.16 Å². The molecular formula is C26H23P. The van der Waals surface area contributed by atoms with Crippen LogP contribution in [0.15, 0.2) is 115 Å². The van der Waals surface area contributed by atoms with Crippen LogP contribution in [0.5, 0.6) is 0 Å². The van der Waals surface area contributed by atoms with Crippen molar-refractivity contribution in [2.24, 2.45) is 0 Å². The molecule has 4 aromatic carbocycles. The third kappa shape index (κ3) is 4.35. The Kier molecular flexibility index (Phi) is 5.77. The van der Waals surface area contributed by atoms with Crippen molar-refractivity contribution < 1.29 is 0 Å². The molecule has 0 heterocycles. The van der Waals surface area contributed by atoms with Gasteiger partial charge in [-0.25, -0.2) is 0 Å². The molecule has 1 atom stereocenters. The lowest BCUT2D eigenvalue weighted by molar-refractivity contribution is 1.14. The Morgan fingerprint density at radius 3 is 1.59 bits per heavy atom. The first-order chi connectivity index (χ1) is 13.4. The van der Waals surface area contributed by atoms with Crippen molar-refractivity contribution in [3.63, 3.8) is 0 Å². The zero-order chi connectivity index (χ0) is 18.3. The van der Waals surface area contributed by atoms with Crippen LogP contribution < -0.4 is 0 Å². The average molecular weight is 366 g/mol. The zero-order valence-electron chi connectivity index (χ0n) is 15.3. The van der Waals surface area contributed by atoms with E-state index in [0.717, 1.165) is 14.7 Å². The van der Waals surface area contributed by atoms with Gasteiger partial charge in [-0.3, -0.25) is 0 Å². The van der Waals surface area contributed by atoms with Crippen LogP contribution in [0.1, 0.15) is 22.3 Å². The highest BCUT2D eigenvalue weighted by Crippen LogP contribution is 2.43. The Bertz CT molecular complexity index is 923. The predicted octanol–water partition coefficient (Wildman–Crippen LogP) is 7.32. The van der Waals surface area contributed by atoms with Gasteiger partial charge in [0.1, 0.15) is 0 Å². The summed E-state index contributed by atoms with van der Waals surface area (Å²) in [6.07, 6.45) is 1.08. The third-order valence-corrected chi connectivity index (χ3v) is 6.52. The van der Waals surface area contributed by atoms with E-state index in [0.29, 0.717) is 5.66 Å². The Hall–Kier alpha value is -2.69. The average Bonchev–Trinajstić information content (AvgIpc) is 2.76. The van der Waals surface area contributed by atoms with Crippen LogP contribution in [0.4, 0.5) is 0 Å². The minimum Gasteiger partial charge on any atom is -0.105 e. The van der Waals surface area contributed by atoms with E-state index in [-0.39, 0.29) is 0 Å². The van der Waals surface area contributed by atoms with Crippen LogP contribution in [0, 0.1) is 0 Å². The number of rotatable bonds is 6. The standard InChI is InChI=1S/C26H23P/c1-4-12-21(13-5-1)25-19-11-10-18-24(25)20-27-26(22-14-6-2-7-15-22)23-16-8-3-9-17-23/h1-19,26-27H,20H2. The maximum Gasteiger partial charge on any atom is 0.0265 e. The fourth-order valence-corrected chi connectivity index (χ4v) is 5.09. The first kappa shape index (κ1) is 17.7. The van der Waals surface area contributed by atoms with Crippen LogP contribution >= 0.6 is 8.58 Å². The van der Waals surface area contributed by atoms with Crippen molar-refractivity contribution in [2.45, 2.75) is 11.8 Å². The van der Waals surface area contributed by atoms with E-state index in [9.17, 15) is 0 Å². The minimum absolute atomic E-state index is 0.441. The summed E-state index contributed by atoms with van der Waals surface area (Å²) >= 11 is 0. The molecule has 0 N–H and O–H groups in total.